The number of aryl methyl sites for hydroxylation is 1. The number of hydrogen-bond acceptors (Lipinski definition) is 7. The molecule has 3 rings (SSSR count). The Morgan fingerprint density at radius 2 is 1.93 bits per heavy atom. The number of carbonyl (C=O) groups excluding carboxylic acids is 3. The lowest BCUT2D eigenvalue weighted by Crippen LogP contribution is -2.20. The third-order valence-electron chi connectivity index (χ3n) is 4.23. The van der Waals surface area contributed by atoms with E-state index in [0.29, 0.717) is 24.1 Å². The standard InChI is InChI=1S/C19H16N2O7/c1-27-15-8-13(7-14(9-15)21(25)26)19(24)28-10-17(22)12-2-4-16-11(6-12)3-5-18(23)20-16/h2,4,6-9H,3,5,10H2,1H3,(H,20,23). The van der Waals surface area contributed by atoms with Crippen molar-refractivity contribution in [2.75, 3.05) is 19.0 Å². The minimum atomic E-state index is -0.874. The van der Waals surface area contributed by atoms with Gasteiger partial charge >= 0.3 is 5.97 Å². The van der Waals surface area contributed by atoms with Gasteiger partial charge < -0.3 is 14.8 Å². The Morgan fingerprint density at radius 3 is 2.64 bits per heavy atom. The fourth-order valence-corrected chi connectivity index (χ4v) is 2.78. The minimum absolute atomic E-state index is 0.0760. The summed E-state index contributed by atoms with van der Waals surface area (Å²) in [6.07, 6.45) is 0.865. The monoisotopic (exact) mass is 384 g/mol. The average molecular weight is 384 g/mol. The van der Waals surface area contributed by atoms with Crippen molar-refractivity contribution in [2.45, 2.75) is 12.8 Å². The molecule has 28 heavy (non-hydrogen) atoms. The van der Waals surface area contributed by atoms with Crippen molar-refractivity contribution >= 4 is 29.0 Å². The summed E-state index contributed by atoms with van der Waals surface area (Å²) in [5.74, 6) is -1.25. The van der Waals surface area contributed by atoms with Gasteiger partial charge in [0.05, 0.1) is 23.7 Å². The summed E-state index contributed by atoms with van der Waals surface area (Å²) in [7, 11) is 1.32. The Hall–Kier alpha value is -3.75. The average Bonchev–Trinajstić information content (AvgIpc) is 2.70. The van der Waals surface area contributed by atoms with Crippen molar-refractivity contribution in [1.29, 1.82) is 0 Å². The molecule has 9 heteroatoms. The van der Waals surface area contributed by atoms with Crippen LogP contribution in [0.4, 0.5) is 11.4 Å². The van der Waals surface area contributed by atoms with E-state index in [0.717, 1.165) is 11.6 Å². The number of methoxy groups -OCH3 is 1. The number of nitro groups is 1. The molecule has 144 valence electrons. The van der Waals surface area contributed by atoms with E-state index in [-0.39, 0.29) is 22.9 Å². The molecule has 1 aliphatic rings. The maximum Gasteiger partial charge on any atom is 0.338 e. The largest absolute Gasteiger partial charge is 0.496 e. The van der Waals surface area contributed by atoms with Crippen LogP contribution in [-0.2, 0) is 16.0 Å². The van der Waals surface area contributed by atoms with Gasteiger partial charge in [-0.25, -0.2) is 4.79 Å². The highest BCUT2D eigenvalue weighted by Crippen LogP contribution is 2.25. The first-order valence-corrected chi connectivity index (χ1v) is 8.34. The van der Waals surface area contributed by atoms with Crippen LogP contribution in [0.2, 0.25) is 0 Å². The molecule has 0 aromatic heterocycles. The van der Waals surface area contributed by atoms with E-state index in [9.17, 15) is 24.5 Å². The van der Waals surface area contributed by atoms with Crippen LogP contribution in [-0.4, -0.2) is 36.3 Å². The van der Waals surface area contributed by atoms with Crippen LogP contribution in [0.25, 0.3) is 0 Å². The van der Waals surface area contributed by atoms with Crippen molar-refractivity contribution < 1.29 is 28.8 Å². The number of ether oxygens (including phenoxy) is 2. The Bertz CT molecular complexity index is 984. The molecular weight excluding hydrogens is 368 g/mol. The zero-order valence-electron chi connectivity index (χ0n) is 14.9. The molecule has 0 aliphatic carbocycles. The van der Waals surface area contributed by atoms with Gasteiger partial charge in [0.25, 0.3) is 5.69 Å². The molecule has 2 aromatic rings. The van der Waals surface area contributed by atoms with Crippen LogP contribution < -0.4 is 10.1 Å². The van der Waals surface area contributed by atoms with E-state index in [1.807, 2.05) is 0 Å². The van der Waals surface area contributed by atoms with Crippen molar-refractivity contribution in [3.8, 4) is 5.75 Å². The van der Waals surface area contributed by atoms with Crippen molar-refractivity contribution in [1.82, 2.24) is 0 Å². The molecule has 0 atom stereocenters. The first-order valence-electron chi connectivity index (χ1n) is 8.34. The summed E-state index contributed by atoms with van der Waals surface area (Å²) in [5, 5.41) is 13.7. The highest BCUT2D eigenvalue weighted by molar-refractivity contribution is 6.01. The van der Waals surface area contributed by atoms with Crippen LogP contribution in [0.3, 0.4) is 0 Å². The van der Waals surface area contributed by atoms with Gasteiger partial charge in [0.1, 0.15) is 5.75 Å². The predicted octanol–water partition coefficient (Wildman–Crippen LogP) is 2.53. The van der Waals surface area contributed by atoms with Gasteiger partial charge in [0.15, 0.2) is 12.4 Å². The molecule has 0 saturated carbocycles. The number of anilines is 1. The van der Waals surface area contributed by atoms with Crippen LogP contribution in [0.15, 0.2) is 36.4 Å². The van der Waals surface area contributed by atoms with Crippen LogP contribution in [0.5, 0.6) is 5.75 Å². The molecule has 0 fully saturated rings. The maximum atomic E-state index is 12.3. The fourth-order valence-electron chi connectivity index (χ4n) is 2.78. The minimum Gasteiger partial charge on any atom is -0.496 e. The van der Waals surface area contributed by atoms with Gasteiger partial charge in [0.2, 0.25) is 5.91 Å². The quantitative estimate of drug-likeness (QED) is 0.351. The number of nitrogens with zero attached hydrogens (tertiary/aromatic N) is 1. The number of rotatable bonds is 6. The van der Waals surface area contributed by atoms with E-state index in [1.165, 1.54) is 25.3 Å². The molecule has 1 heterocycles. The van der Waals surface area contributed by atoms with Crippen molar-refractivity contribution in [2.24, 2.45) is 0 Å². The van der Waals surface area contributed by atoms with Crippen molar-refractivity contribution in [3.05, 3.63) is 63.2 Å². The topological polar surface area (TPSA) is 125 Å². The zero-order chi connectivity index (χ0) is 20.3. The lowest BCUT2D eigenvalue weighted by atomic mass is 9.99. The van der Waals surface area contributed by atoms with E-state index in [2.05, 4.69) is 5.32 Å². The number of nitro benzene ring substituents is 1. The lowest BCUT2D eigenvalue weighted by molar-refractivity contribution is -0.385. The lowest BCUT2D eigenvalue weighted by Gasteiger charge is -2.17. The van der Waals surface area contributed by atoms with E-state index < -0.39 is 23.3 Å². The Balaban J connectivity index is 1.69. The van der Waals surface area contributed by atoms with Crippen LogP contribution >= 0.6 is 0 Å². The number of esters is 1. The van der Waals surface area contributed by atoms with Gasteiger partial charge in [0, 0.05) is 23.7 Å². The van der Waals surface area contributed by atoms with E-state index in [4.69, 9.17) is 9.47 Å². The summed E-state index contributed by atoms with van der Waals surface area (Å²) in [4.78, 5) is 46.2. The molecule has 0 saturated heterocycles. The number of non-ortho nitro benzene ring substituents is 1. The smallest absolute Gasteiger partial charge is 0.338 e. The first-order chi connectivity index (χ1) is 13.4. The fraction of sp³-hybridized carbons (Fsp3) is 0.211. The summed E-state index contributed by atoms with van der Waals surface area (Å²) >= 11 is 0. The third-order valence-corrected chi connectivity index (χ3v) is 4.23. The Kier molecular flexibility index (Phi) is 5.35. The highest BCUT2D eigenvalue weighted by atomic mass is 16.6. The second-order valence-electron chi connectivity index (χ2n) is 6.10. The number of amides is 1. The van der Waals surface area contributed by atoms with E-state index in [1.54, 1.807) is 12.1 Å². The summed E-state index contributed by atoms with van der Waals surface area (Å²) < 4.78 is 9.95. The Morgan fingerprint density at radius 1 is 1.14 bits per heavy atom. The molecule has 0 radical (unpaired) electrons. The molecule has 9 nitrogen and oxygen atoms in total. The van der Waals surface area contributed by atoms with Gasteiger partial charge in [-0.15, -0.1) is 0 Å². The first kappa shape index (κ1) is 19.0. The van der Waals surface area contributed by atoms with Gasteiger partial charge in [-0.05, 0) is 36.2 Å². The zero-order valence-corrected chi connectivity index (χ0v) is 14.9. The number of nitrogens with one attached hydrogen (secondary N) is 1. The molecule has 1 N–H and O–H groups in total. The molecular formula is C19H16N2O7. The molecule has 0 unspecified atom stereocenters. The normalized spacial score (nSPS) is 12.5. The number of fused-ring (bicyclic) bond motifs is 1. The van der Waals surface area contributed by atoms with Crippen molar-refractivity contribution in [3.63, 3.8) is 0 Å². The third kappa shape index (κ3) is 4.14. The number of carbonyl (C=O) groups is 3. The number of ketones is 1. The van der Waals surface area contributed by atoms with Gasteiger partial charge in [-0.1, -0.05) is 0 Å². The maximum absolute atomic E-state index is 12.3. The van der Waals surface area contributed by atoms with Gasteiger partial charge in [-0.2, -0.15) is 0 Å². The second kappa shape index (κ2) is 7.87. The summed E-state index contributed by atoms with van der Waals surface area (Å²) in [5.41, 5.74) is 1.43. The van der Waals surface area contributed by atoms with Gasteiger partial charge in [-0.3, -0.25) is 19.7 Å². The SMILES string of the molecule is COc1cc(C(=O)OCC(=O)c2ccc3c(c2)CCC(=O)N3)cc([N+](=O)[O-])c1. The molecule has 1 aliphatic heterocycles. The highest BCUT2D eigenvalue weighted by Gasteiger charge is 2.19. The number of benzene rings is 2. The van der Waals surface area contributed by atoms with Crippen LogP contribution in [0, 0.1) is 10.1 Å². The summed E-state index contributed by atoms with van der Waals surface area (Å²) in [6.45, 7) is -0.519. The Labute approximate surface area is 159 Å². The molecule has 1 amide bonds. The summed E-state index contributed by atoms with van der Waals surface area (Å²) in [6, 6.07) is 8.34. The molecule has 0 bridgehead atoms. The number of Topliss-reactive ketones (excluding diaryl/α,β-unsaturated/α-hetero) is 1. The molecule has 0 spiro atoms. The predicted molar refractivity (Wildman–Crippen MR) is 97.7 cm³/mol. The van der Waals surface area contributed by atoms with Crippen LogP contribution in [0.1, 0.15) is 32.7 Å². The number of hydrogen-bond donors (Lipinski definition) is 1. The molecule has 2 aromatic carbocycles. The second-order valence-corrected chi connectivity index (χ2v) is 6.10. The van der Waals surface area contributed by atoms with E-state index >= 15 is 0 Å².